The molecule has 1 aliphatic carbocycles. The van der Waals surface area contributed by atoms with Gasteiger partial charge in [0.2, 0.25) is 15.9 Å². The number of sulfonamides is 1. The maximum atomic E-state index is 13.9. The van der Waals surface area contributed by atoms with Crippen LogP contribution in [0.2, 0.25) is 0 Å². The molecule has 2 heterocycles. The minimum absolute atomic E-state index is 0.0646. The number of pyridine rings is 1. The third-order valence-corrected chi connectivity index (χ3v) is 6.91. The van der Waals surface area contributed by atoms with E-state index < -0.39 is 27.6 Å². The quantitative estimate of drug-likeness (QED) is 0.580. The largest absolute Gasteiger partial charge is 0.477 e. The zero-order valence-electron chi connectivity index (χ0n) is 19.5. The van der Waals surface area contributed by atoms with Crippen LogP contribution < -0.4 is 9.88 Å². The Morgan fingerprint density at radius 1 is 1.15 bits per heavy atom. The predicted molar refractivity (Wildman–Crippen MR) is 120 cm³/mol. The van der Waals surface area contributed by atoms with Crippen molar-refractivity contribution < 1.29 is 26.3 Å². The molecule has 2 N–H and O–H groups in total. The monoisotopic (exact) mass is 487 g/mol. The fourth-order valence-corrected chi connectivity index (χ4v) is 5.00. The van der Waals surface area contributed by atoms with Gasteiger partial charge in [-0.15, -0.1) is 0 Å². The number of ether oxygens (including phenoxy) is 1. The Morgan fingerprint density at radius 3 is 2.33 bits per heavy atom. The van der Waals surface area contributed by atoms with Crippen LogP contribution in [0.4, 0.5) is 13.2 Å². The summed E-state index contributed by atoms with van der Waals surface area (Å²) in [6, 6.07) is 2.32. The first-order chi connectivity index (χ1) is 15.2. The third-order valence-electron chi connectivity index (χ3n) is 5.89. The van der Waals surface area contributed by atoms with Gasteiger partial charge < -0.3 is 9.30 Å². The Morgan fingerprint density at radius 2 is 1.79 bits per heavy atom. The second-order valence-electron chi connectivity index (χ2n) is 10.1. The van der Waals surface area contributed by atoms with Crippen molar-refractivity contribution in [2.24, 2.45) is 16.5 Å². The molecule has 6 nitrogen and oxygen atoms in total. The maximum absolute atomic E-state index is 13.9. The lowest BCUT2D eigenvalue weighted by Gasteiger charge is -2.24. The molecule has 184 valence electrons. The van der Waals surface area contributed by atoms with Gasteiger partial charge in [-0.1, -0.05) is 40.0 Å². The van der Waals surface area contributed by atoms with E-state index in [4.69, 9.17) is 9.88 Å². The molecule has 0 spiro atoms. The van der Waals surface area contributed by atoms with E-state index in [1.165, 1.54) is 12.3 Å². The van der Waals surface area contributed by atoms with Gasteiger partial charge in [0, 0.05) is 24.0 Å². The third kappa shape index (κ3) is 6.29. The molecule has 3 rings (SSSR count). The smallest absolute Gasteiger partial charge is 0.421 e. The number of aromatic nitrogens is 2. The summed E-state index contributed by atoms with van der Waals surface area (Å²) in [5.74, 6) is -0.170. The van der Waals surface area contributed by atoms with Gasteiger partial charge in [-0.3, -0.25) is 0 Å². The predicted octanol–water partition coefficient (Wildman–Crippen LogP) is 5.53. The molecule has 0 saturated heterocycles. The van der Waals surface area contributed by atoms with Crippen LogP contribution in [0.5, 0.6) is 5.88 Å². The molecular formula is C23H32F3N3O3S. The van der Waals surface area contributed by atoms with Crippen LogP contribution in [0.25, 0.3) is 11.3 Å². The molecule has 2 aromatic heterocycles. The highest BCUT2D eigenvalue weighted by atomic mass is 32.2. The minimum Gasteiger partial charge on any atom is -0.477 e. The minimum atomic E-state index is -4.69. The van der Waals surface area contributed by atoms with E-state index in [0.29, 0.717) is 23.9 Å². The van der Waals surface area contributed by atoms with E-state index >= 15 is 0 Å². The van der Waals surface area contributed by atoms with Crippen LogP contribution in [0.3, 0.4) is 0 Å². The summed E-state index contributed by atoms with van der Waals surface area (Å²) in [6.45, 7) is 7.76. The average molecular weight is 488 g/mol. The number of alkyl halides is 3. The fourth-order valence-electron chi connectivity index (χ4n) is 4.21. The summed E-state index contributed by atoms with van der Waals surface area (Å²) >= 11 is 0. The van der Waals surface area contributed by atoms with Crippen molar-refractivity contribution in [1.29, 1.82) is 0 Å². The van der Waals surface area contributed by atoms with Gasteiger partial charge in [0.05, 0.1) is 12.3 Å². The summed E-state index contributed by atoms with van der Waals surface area (Å²) in [4.78, 5) is 3.89. The standard InChI is InChI=1S/C23H32F3N3O3S/c1-15-20(33(27,30)31)11-19(29(15)13-16-8-6-5-7-9-16)17-10-18(23(24,25)26)21(28-12-17)32-14-22(2,3)4/h10-12,16H,5-9,13-14H2,1-4H3,(H2,27,30,31). The van der Waals surface area contributed by atoms with Gasteiger partial charge in [-0.2, -0.15) is 13.2 Å². The van der Waals surface area contributed by atoms with E-state index in [-0.39, 0.29) is 22.5 Å². The molecule has 0 atom stereocenters. The molecule has 0 aliphatic heterocycles. The second kappa shape index (κ2) is 9.29. The van der Waals surface area contributed by atoms with E-state index in [9.17, 15) is 21.6 Å². The molecule has 0 unspecified atom stereocenters. The molecule has 1 saturated carbocycles. The molecule has 0 radical (unpaired) electrons. The second-order valence-corrected chi connectivity index (χ2v) is 11.6. The van der Waals surface area contributed by atoms with Crippen LogP contribution in [0.1, 0.15) is 64.1 Å². The van der Waals surface area contributed by atoms with Crippen LogP contribution >= 0.6 is 0 Å². The van der Waals surface area contributed by atoms with Crippen molar-refractivity contribution in [2.75, 3.05) is 6.61 Å². The number of nitrogens with zero attached hydrogens (tertiary/aromatic N) is 2. The van der Waals surface area contributed by atoms with Crippen molar-refractivity contribution in [1.82, 2.24) is 9.55 Å². The topological polar surface area (TPSA) is 87.2 Å². The van der Waals surface area contributed by atoms with Gasteiger partial charge in [0.15, 0.2) is 0 Å². The number of rotatable bonds is 6. The number of halogens is 3. The van der Waals surface area contributed by atoms with Crippen molar-refractivity contribution >= 4 is 10.0 Å². The molecule has 1 fully saturated rings. The lowest BCUT2D eigenvalue weighted by Crippen LogP contribution is -2.20. The first-order valence-electron chi connectivity index (χ1n) is 11.1. The van der Waals surface area contributed by atoms with Crippen molar-refractivity contribution in [2.45, 2.75) is 77.4 Å². The Hall–Kier alpha value is -2.07. The summed E-state index contributed by atoms with van der Waals surface area (Å²) < 4.78 is 73.1. The van der Waals surface area contributed by atoms with Crippen molar-refractivity contribution in [3.63, 3.8) is 0 Å². The van der Waals surface area contributed by atoms with Gasteiger partial charge in [-0.05, 0) is 43.2 Å². The molecular weight excluding hydrogens is 455 g/mol. The van der Waals surface area contributed by atoms with Crippen LogP contribution in [-0.2, 0) is 22.7 Å². The number of nitrogens with two attached hydrogens (primary N) is 1. The highest BCUT2D eigenvalue weighted by molar-refractivity contribution is 7.89. The van der Waals surface area contributed by atoms with E-state index in [1.54, 1.807) is 11.5 Å². The van der Waals surface area contributed by atoms with E-state index in [2.05, 4.69) is 4.98 Å². The van der Waals surface area contributed by atoms with Crippen molar-refractivity contribution in [3.8, 4) is 17.1 Å². The zero-order chi connectivity index (χ0) is 24.6. The van der Waals surface area contributed by atoms with Crippen LogP contribution in [-0.4, -0.2) is 24.6 Å². The lowest BCUT2D eigenvalue weighted by molar-refractivity contribution is -0.139. The van der Waals surface area contributed by atoms with E-state index in [0.717, 1.165) is 38.2 Å². The molecule has 1 aliphatic rings. The molecule has 0 aromatic carbocycles. The van der Waals surface area contributed by atoms with Crippen LogP contribution in [0, 0.1) is 18.3 Å². The fraction of sp³-hybridized carbons (Fsp3) is 0.609. The first kappa shape index (κ1) is 25.6. The lowest BCUT2D eigenvalue weighted by atomic mass is 9.89. The zero-order valence-corrected chi connectivity index (χ0v) is 20.3. The molecule has 0 bridgehead atoms. The SMILES string of the molecule is Cc1c(S(N)(=O)=O)cc(-c2cnc(OCC(C)(C)C)c(C(F)(F)F)c2)n1CC1CCCCC1. The van der Waals surface area contributed by atoms with Crippen LogP contribution in [0.15, 0.2) is 23.2 Å². The normalized spacial score (nSPS) is 16.2. The number of primary sulfonamides is 1. The van der Waals surface area contributed by atoms with E-state index in [1.807, 2.05) is 20.8 Å². The molecule has 10 heteroatoms. The maximum Gasteiger partial charge on any atom is 0.421 e. The Labute approximate surface area is 193 Å². The first-order valence-corrected chi connectivity index (χ1v) is 12.6. The average Bonchev–Trinajstić information content (AvgIpc) is 3.02. The molecule has 2 aromatic rings. The van der Waals surface area contributed by atoms with Crippen molar-refractivity contribution in [3.05, 3.63) is 29.6 Å². The summed E-state index contributed by atoms with van der Waals surface area (Å²) in [6.07, 6.45) is 1.93. The number of hydrogen-bond donors (Lipinski definition) is 1. The van der Waals surface area contributed by atoms with Gasteiger partial charge in [0.1, 0.15) is 10.5 Å². The summed E-state index contributed by atoms with van der Waals surface area (Å²) in [5.41, 5.74) is -0.412. The highest BCUT2D eigenvalue weighted by Gasteiger charge is 2.37. The number of hydrogen-bond acceptors (Lipinski definition) is 4. The summed E-state index contributed by atoms with van der Waals surface area (Å²) in [7, 11) is -4.04. The van der Waals surface area contributed by atoms with Gasteiger partial charge in [-0.25, -0.2) is 18.5 Å². The van der Waals surface area contributed by atoms with Gasteiger partial charge in [0.25, 0.3) is 0 Å². The Balaban J connectivity index is 2.10. The Kier molecular flexibility index (Phi) is 7.19. The molecule has 33 heavy (non-hydrogen) atoms. The Bertz CT molecular complexity index is 1100. The summed E-state index contributed by atoms with van der Waals surface area (Å²) in [5, 5.41) is 5.40. The highest BCUT2D eigenvalue weighted by Crippen LogP contribution is 2.39. The molecule has 0 amide bonds. The van der Waals surface area contributed by atoms with Gasteiger partial charge >= 0.3 is 6.18 Å².